The van der Waals surface area contributed by atoms with E-state index in [1.165, 1.54) is 6.92 Å². The van der Waals surface area contributed by atoms with Crippen LogP contribution in [-0.4, -0.2) is 11.8 Å². The smallest absolute Gasteiger partial charge is 0.307 e. The van der Waals surface area contributed by atoms with Crippen molar-refractivity contribution in [3.05, 3.63) is 35.9 Å². The van der Waals surface area contributed by atoms with Gasteiger partial charge in [-0.05, 0) is 12.5 Å². The van der Waals surface area contributed by atoms with Crippen molar-refractivity contribution in [1.82, 2.24) is 0 Å². The van der Waals surface area contributed by atoms with Crippen molar-refractivity contribution in [3.63, 3.8) is 0 Å². The van der Waals surface area contributed by atoms with Gasteiger partial charge in [0, 0.05) is 0 Å². The van der Waals surface area contributed by atoms with Crippen LogP contribution >= 0.6 is 0 Å². The molecule has 0 radical (unpaired) electrons. The number of Topliss-reactive ketones (excluding diaryl/α,β-unsaturated/α-hetero) is 1. The van der Waals surface area contributed by atoms with Crippen LogP contribution in [0.3, 0.4) is 0 Å². The second-order valence-electron chi connectivity index (χ2n) is 3.74. The van der Waals surface area contributed by atoms with E-state index in [2.05, 4.69) is 0 Å². The summed E-state index contributed by atoms with van der Waals surface area (Å²) in [6.45, 7) is 1.50. The maximum atomic E-state index is 11.3. The van der Waals surface area contributed by atoms with Gasteiger partial charge in [0.2, 0.25) is 0 Å². The van der Waals surface area contributed by atoms with Gasteiger partial charge in [-0.25, -0.2) is 0 Å². The molecule has 1 aromatic carbocycles. The molecule has 3 nitrogen and oxygen atoms in total. The van der Waals surface area contributed by atoms with E-state index in [1.807, 2.05) is 30.3 Å². The number of hydrogen-bond acceptors (Lipinski definition) is 3. The van der Waals surface area contributed by atoms with Crippen molar-refractivity contribution >= 4 is 11.8 Å². The van der Waals surface area contributed by atoms with Crippen molar-refractivity contribution in [3.8, 4) is 0 Å². The Morgan fingerprint density at radius 3 is 2.60 bits per heavy atom. The lowest BCUT2D eigenvalue weighted by molar-refractivity contribution is -0.141. The van der Waals surface area contributed by atoms with E-state index in [4.69, 9.17) is 4.74 Å². The molecule has 1 aromatic rings. The number of hydrogen-bond donors (Lipinski definition) is 0. The summed E-state index contributed by atoms with van der Waals surface area (Å²) in [5.41, 5.74) is 0.892. The molecule has 0 amide bonds. The van der Waals surface area contributed by atoms with Gasteiger partial charge in [-0.15, -0.1) is 0 Å². The van der Waals surface area contributed by atoms with Crippen LogP contribution in [0.4, 0.5) is 0 Å². The first-order valence-electron chi connectivity index (χ1n) is 4.93. The fourth-order valence-corrected chi connectivity index (χ4v) is 1.86. The van der Waals surface area contributed by atoms with Gasteiger partial charge in [-0.2, -0.15) is 0 Å². The molecule has 3 heteroatoms. The number of rotatable bonds is 2. The summed E-state index contributed by atoms with van der Waals surface area (Å²) in [5.74, 6) is -0.598. The lowest BCUT2D eigenvalue weighted by Gasteiger charge is -2.14. The zero-order chi connectivity index (χ0) is 10.8. The summed E-state index contributed by atoms with van der Waals surface area (Å²) in [5, 5.41) is 0. The number of benzene rings is 1. The number of carbonyl (C=O) groups is 2. The molecular formula is C12H12O3. The standard InChI is InChI=1S/C12H12O3/c1-8(13)10-7-11(14)15-12(10)9-5-3-2-4-6-9/h2-6,10,12H,7H2,1H3/t10-,12-/m1/s1. The van der Waals surface area contributed by atoms with Gasteiger partial charge in [0.15, 0.2) is 0 Å². The quantitative estimate of drug-likeness (QED) is 0.691. The lowest BCUT2D eigenvalue weighted by Crippen LogP contribution is -2.15. The zero-order valence-electron chi connectivity index (χ0n) is 8.47. The predicted octanol–water partition coefficient (Wildman–Crippen LogP) is 1.88. The van der Waals surface area contributed by atoms with Gasteiger partial charge in [0.05, 0.1) is 12.3 Å². The Kier molecular flexibility index (Phi) is 2.54. The van der Waals surface area contributed by atoms with E-state index >= 15 is 0 Å². The topological polar surface area (TPSA) is 43.4 Å². The van der Waals surface area contributed by atoms with E-state index in [0.717, 1.165) is 5.56 Å². The molecule has 1 aliphatic rings. The zero-order valence-corrected chi connectivity index (χ0v) is 8.47. The Morgan fingerprint density at radius 2 is 2.00 bits per heavy atom. The number of carbonyl (C=O) groups excluding carboxylic acids is 2. The highest BCUT2D eigenvalue weighted by atomic mass is 16.6. The summed E-state index contributed by atoms with van der Waals surface area (Å²) in [4.78, 5) is 22.5. The van der Waals surface area contributed by atoms with Crippen LogP contribution < -0.4 is 0 Å². The van der Waals surface area contributed by atoms with Crippen molar-refractivity contribution in [2.24, 2.45) is 5.92 Å². The minimum absolute atomic E-state index is 0.00898. The molecule has 1 saturated heterocycles. The number of ether oxygens (including phenoxy) is 1. The number of ketones is 1. The third-order valence-corrected chi connectivity index (χ3v) is 2.66. The lowest BCUT2D eigenvalue weighted by atomic mass is 9.92. The van der Waals surface area contributed by atoms with Crippen LogP contribution in [0.15, 0.2) is 30.3 Å². The van der Waals surface area contributed by atoms with E-state index < -0.39 is 6.10 Å². The van der Waals surface area contributed by atoms with E-state index in [1.54, 1.807) is 0 Å². The molecule has 1 aliphatic heterocycles. The Morgan fingerprint density at radius 1 is 1.33 bits per heavy atom. The monoisotopic (exact) mass is 204 g/mol. The molecule has 1 fully saturated rings. The maximum absolute atomic E-state index is 11.3. The first-order chi connectivity index (χ1) is 7.18. The van der Waals surface area contributed by atoms with Crippen molar-refractivity contribution in [2.75, 3.05) is 0 Å². The Hall–Kier alpha value is -1.64. The SMILES string of the molecule is CC(=O)[C@H]1CC(=O)O[C@@H]1c1ccccc1. The summed E-state index contributed by atoms with van der Waals surface area (Å²) in [7, 11) is 0. The van der Waals surface area contributed by atoms with Crippen LogP contribution in [0.2, 0.25) is 0 Å². The van der Waals surface area contributed by atoms with Crippen LogP contribution in [0, 0.1) is 5.92 Å². The molecule has 0 unspecified atom stereocenters. The summed E-state index contributed by atoms with van der Waals surface area (Å²) in [6.07, 6.45) is -0.189. The van der Waals surface area contributed by atoms with Crippen molar-refractivity contribution < 1.29 is 14.3 Å². The normalized spacial score (nSPS) is 25.0. The molecule has 0 aromatic heterocycles. The van der Waals surface area contributed by atoms with Crippen molar-refractivity contribution in [1.29, 1.82) is 0 Å². The molecule has 0 bridgehead atoms. The van der Waals surface area contributed by atoms with Gasteiger partial charge < -0.3 is 4.74 Å². The highest BCUT2D eigenvalue weighted by Crippen LogP contribution is 2.35. The largest absolute Gasteiger partial charge is 0.457 e. The average molecular weight is 204 g/mol. The Balaban J connectivity index is 2.28. The van der Waals surface area contributed by atoms with Crippen LogP contribution in [-0.2, 0) is 14.3 Å². The van der Waals surface area contributed by atoms with Crippen molar-refractivity contribution in [2.45, 2.75) is 19.4 Å². The summed E-state index contributed by atoms with van der Waals surface area (Å²) >= 11 is 0. The fraction of sp³-hybridized carbons (Fsp3) is 0.333. The van der Waals surface area contributed by atoms with Gasteiger partial charge >= 0.3 is 5.97 Å². The van der Waals surface area contributed by atoms with Gasteiger partial charge in [-0.1, -0.05) is 30.3 Å². The Labute approximate surface area is 88.1 Å². The molecule has 1 heterocycles. The van der Waals surface area contributed by atoms with Gasteiger partial charge in [0.1, 0.15) is 11.9 Å². The molecule has 0 saturated carbocycles. The minimum Gasteiger partial charge on any atom is -0.457 e. The molecule has 0 aliphatic carbocycles. The Bertz CT molecular complexity index is 383. The predicted molar refractivity (Wildman–Crippen MR) is 54.1 cm³/mol. The molecule has 0 spiro atoms. The maximum Gasteiger partial charge on any atom is 0.307 e. The van der Waals surface area contributed by atoms with E-state index in [0.29, 0.717) is 0 Å². The second-order valence-corrected chi connectivity index (χ2v) is 3.74. The minimum atomic E-state index is -0.392. The fourth-order valence-electron chi connectivity index (χ4n) is 1.86. The molecule has 2 atom stereocenters. The van der Waals surface area contributed by atoms with Crippen LogP contribution in [0.5, 0.6) is 0 Å². The summed E-state index contributed by atoms with van der Waals surface area (Å²) < 4.78 is 5.16. The highest BCUT2D eigenvalue weighted by molar-refractivity contribution is 5.86. The first-order valence-corrected chi connectivity index (χ1v) is 4.93. The third-order valence-electron chi connectivity index (χ3n) is 2.66. The molecule has 2 rings (SSSR count). The molecule has 15 heavy (non-hydrogen) atoms. The molecule has 0 N–H and O–H groups in total. The molecular weight excluding hydrogens is 192 g/mol. The average Bonchev–Trinajstić information content (AvgIpc) is 2.62. The van der Waals surface area contributed by atoms with E-state index in [-0.39, 0.29) is 24.1 Å². The first kappa shape index (κ1) is 9.90. The second kappa shape index (κ2) is 3.85. The third kappa shape index (κ3) is 1.91. The van der Waals surface area contributed by atoms with E-state index in [9.17, 15) is 9.59 Å². The van der Waals surface area contributed by atoms with Gasteiger partial charge in [-0.3, -0.25) is 9.59 Å². The number of esters is 1. The van der Waals surface area contributed by atoms with Gasteiger partial charge in [0.25, 0.3) is 0 Å². The summed E-state index contributed by atoms with van der Waals surface area (Å²) in [6, 6.07) is 9.39. The van der Waals surface area contributed by atoms with Crippen LogP contribution in [0.1, 0.15) is 25.0 Å². The van der Waals surface area contributed by atoms with Crippen LogP contribution in [0.25, 0.3) is 0 Å². The highest BCUT2D eigenvalue weighted by Gasteiger charge is 2.38. The molecule has 78 valence electrons. The number of cyclic esters (lactones) is 1.